The maximum absolute atomic E-state index is 10.6. The van der Waals surface area contributed by atoms with Gasteiger partial charge in [-0.25, -0.2) is 4.79 Å². The SMILES string of the molecule is CCCSN(SCCC)C(=O)O. The fourth-order valence-corrected chi connectivity index (χ4v) is 2.16. The van der Waals surface area contributed by atoms with E-state index in [2.05, 4.69) is 0 Å². The van der Waals surface area contributed by atoms with Crippen LogP contribution in [0.25, 0.3) is 0 Å². The fraction of sp³-hybridized carbons (Fsp3) is 0.857. The van der Waals surface area contributed by atoms with E-state index in [1.807, 2.05) is 13.8 Å². The van der Waals surface area contributed by atoms with Crippen molar-refractivity contribution < 1.29 is 9.90 Å². The molecule has 0 rings (SSSR count). The molecule has 1 amide bonds. The highest BCUT2D eigenvalue weighted by molar-refractivity contribution is 8.12. The van der Waals surface area contributed by atoms with Crippen molar-refractivity contribution in [2.75, 3.05) is 11.5 Å². The van der Waals surface area contributed by atoms with E-state index in [9.17, 15) is 4.79 Å². The molecule has 0 fully saturated rings. The van der Waals surface area contributed by atoms with E-state index >= 15 is 0 Å². The van der Waals surface area contributed by atoms with Crippen molar-refractivity contribution in [3.8, 4) is 0 Å². The molecule has 5 heteroatoms. The van der Waals surface area contributed by atoms with Crippen molar-refractivity contribution in [3.05, 3.63) is 0 Å². The Morgan fingerprint density at radius 3 is 1.92 bits per heavy atom. The number of hydrogen-bond acceptors (Lipinski definition) is 3. The number of carbonyl (C=O) groups is 1. The summed E-state index contributed by atoms with van der Waals surface area (Å²) >= 11 is 2.73. The quantitative estimate of drug-likeness (QED) is 0.682. The summed E-state index contributed by atoms with van der Waals surface area (Å²) < 4.78 is 1.34. The molecule has 0 unspecified atom stereocenters. The van der Waals surface area contributed by atoms with Gasteiger partial charge < -0.3 is 5.11 Å². The molecule has 0 aliphatic rings. The summed E-state index contributed by atoms with van der Waals surface area (Å²) in [4.78, 5) is 10.6. The molecule has 0 aromatic heterocycles. The maximum Gasteiger partial charge on any atom is 0.427 e. The van der Waals surface area contributed by atoms with Crippen LogP contribution >= 0.6 is 23.9 Å². The summed E-state index contributed by atoms with van der Waals surface area (Å²) in [6.07, 6.45) is 1.15. The molecule has 0 saturated heterocycles. The van der Waals surface area contributed by atoms with E-state index in [1.165, 1.54) is 27.6 Å². The van der Waals surface area contributed by atoms with E-state index in [0.29, 0.717) is 0 Å². The Kier molecular flexibility index (Phi) is 7.59. The summed E-state index contributed by atoms with van der Waals surface area (Å²) in [5.74, 6) is 1.73. The normalized spacial score (nSPS) is 9.83. The summed E-state index contributed by atoms with van der Waals surface area (Å²) in [6.45, 7) is 4.08. The van der Waals surface area contributed by atoms with Crippen LogP contribution in [0.2, 0.25) is 0 Å². The second-order valence-electron chi connectivity index (χ2n) is 2.21. The molecule has 0 atom stereocenters. The molecule has 0 saturated carbocycles. The highest BCUT2D eigenvalue weighted by atomic mass is 32.2. The number of amides is 1. The molecule has 0 aromatic rings. The van der Waals surface area contributed by atoms with Crippen LogP contribution in [0.3, 0.4) is 0 Å². The van der Waals surface area contributed by atoms with Gasteiger partial charge >= 0.3 is 6.09 Å². The first-order chi connectivity index (χ1) is 5.72. The van der Waals surface area contributed by atoms with Gasteiger partial charge in [0.15, 0.2) is 0 Å². The topological polar surface area (TPSA) is 40.5 Å². The average Bonchev–Trinajstić information content (AvgIpc) is 2.04. The highest BCUT2D eigenvalue weighted by Gasteiger charge is 2.11. The van der Waals surface area contributed by atoms with Gasteiger partial charge in [0, 0.05) is 11.5 Å². The minimum atomic E-state index is -0.855. The van der Waals surface area contributed by atoms with Gasteiger partial charge in [-0.1, -0.05) is 13.8 Å². The van der Waals surface area contributed by atoms with E-state index in [1.54, 1.807) is 0 Å². The van der Waals surface area contributed by atoms with Gasteiger partial charge in [0.05, 0.1) is 0 Å². The van der Waals surface area contributed by atoms with Gasteiger partial charge in [-0.05, 0) is 36.7 Å². The van der Waals surface area contributed by atoms with Gasteiger partial charge in [-0.15, -0.1) is 0 Å². The zero-order valence-corrected chi connectivity index (χ0v) is 9.08. The summed E-state index contributed by atoms with van der Waals surface area (Å²) in [6, 6.07) is 0. The van der Waals surface area contributed by atoms with Crippen molar-refractivity contribution in [1.82, 2.24) is 3.71 Å². The van der Waals surface area contributed by atoms with Crippen LogP contribution in [0, 0.1) is 0 Å². The fourth-order valence-electron chi connectivity index (χ4n) is 0.496. The molecule has 1 N–H and O–H groups in total. The molecule has 0 aliphatic heterocycles. The van der Waals surface area contributed by atoms with Crippen LogP contribution < -0.4 is 0 Å². The molecule has 3 nitrogen and oxygen atoms in total. The predicted octanol–water partition coefficient (Wildman–Crippen LogP) is 3.08. The molecular weight excluding hydrogens is 194 g/mol. The monoisotopic (exact) mass is 209 g/mol. The van der Waals surface area contributed by atoms with E-state index in [0.717, 1.165) is 24.3 Å². The molecule has 0 bridgehead atoms. The average molecular weight is 209 g/mol. The Bertz CT molecular complexity index is 125. The molecular formula is C7H15NO2S2. The summed E-state index contributed by atoms with van der Waals surface area (Å²) in [7, 11) is 0. The second-order valence-corrected chi connectivity index (χ2v) is 4.50. The Morgan fingerprint density at radius 2 is 1.67 bits per heavy atom. The lowest BCUT2D eigenvalue weighted by molar-refractivity contribution is 0.191. The molecule has 0 aliphatic carbocycles. The first kappa shape index (κ1) is 12.0. The Labute approximate surface area is 82.2 Å². The minimum Gasteiger partial charge on any atom is -0.464 e. The van der Waals surface area contributed by atoms with Crippen LogP contribution in [0.15, 0.2) is 0 Å². The van der Waals surface area contributed by atoms with Crippen LogP contribution in [0.4, 0.5) is 4.79 Å². The zero-order valence-electron chi connectivity index (χ0n) is 7.45. The predicted molar refractivity (Wildman–Crippen MR) is 55.4 cm³/mol. The van der Waals surface area contributed by atoms with Gasteiger partial charge in [-0.3, -0.25) is 0 Å². The lowest BCUT2D eigenvalue weighted by Crippen LogP contribution is -2.15. The standard InChI is InChI=1S/C7H15NO2S2/c1-3-5-11-8(7(9)10)12-6-4-2/h3-6H2,1-2H3,(H,9,10). The molecule has 0 spiro atoms. The van der Waals surface area contributed by atoms with Gasteiger partial charge in [0.25, 0.3) is 0 Å². The minimum absolute atomic E-state index is 0.855. The largest absolute Gasteiger partial charge is 0.464 e. The lowest BCUT2D eigenvalue weighted by Gasteiger charge is -2.14. The van der Waals surface area contributed by atoms with Crippen molar-refractivity contribution in [1.29, 1.82) is 0 Å². The van der Waals surface area contributed by atoms with Crippen LogP contribution in [0.5, 0.6) is 0 Å². The maximum atomic E-state index is 10.6. The third kappa shape index (κ3) is 5.60. The lowest BCUT2D eigenvalue weighted by atomic mass is 10.6. The van der Waals surface area contributed by atoms with Crippen molar-refractivity contribution >= 4 is 30.0 Å². The van der Waals surface area contributed by atoms with E-state index in [-0.39, 0.29) is 0 Å². The molecule has 0 heterocycles. The van der Waals surface area contributed by atoms with Crippen LogP contribution in [-0.4, -0.2) is 26.4 Å². The highest BCUT2D eigenvalue weighted by Crippen LogP contribution is 2.22. The van der Waals surface area contributed by atoms with Crippen molar-refractivity contribution in [2.45, 2.75) is 26.7 Å². The van der Waals surface area contributed by atoms with Crippen LogP contribution in [0.1, 0.15) is 26.7 Å². The number of nitrogens with zero attached hydrogens (tertiary/aromatic N) is 1. The Balaban J connectivity index is 3.62. The number of rotatable bonds is 6. The molecule has 12 heavy (non-hydrogen) atoms. The Morgan fingerprint density at radius 1 is 1.25 bits per heavy atom. The van der Waals surface area contributed by atoms with Crippen molar-refractivity contribution in [2.24, 2.45) is 0 Å². The molecule has 72 valence electrons. The van der Waals surface area contributed by atoms with Gasteiger partial charge in [-0.2, -0.15) is 3.71 Å². The second kappa shape index (κ2) is 7.61. The Hall–Kier alpha value is -0.0300. The van der Waals surface area contributed by atoms with E-state index in [4.69, 9.17) is 5.11 Å². The zero-order chi connectivity index (χ0) is 9.40. The first-order valence-electron chi connectivity index (χ1n) is 4.01. The molecule has 0 aromatic carbocycles. The number of hydrogen-bond donors (Lipinski definition) is 1. The van der Waals surface area contributed by atoms with Gasteiger partial charge in [0.1, 0.15) is 0 Å². The number of carboxylic acid groups (broad SMARTS) is 1. The van der Waals surface area contributed by atoms with Gasteiger partial charge in [0.2, 0.25) is 0 Å². The summed E-state index contributed by atoms with van der Waals surface area (Å²) in [5.41, 5.74) is 0. The first-order valence-corrected chi connectivity index (χ1v) is 5.89. The molecule has 0 radical (unpaired) electrons. The van der Waals surface area contributed by atoms with Crippen molar-refractivity contribution in [3.63, 3.8) is 0 Å². The van der Waals surface area contributed by atoms with Crippen LogP contribution in [-0.2, 0) is 0 Å². The van der Waals surface area contributed by atoms with E-state index < -0.39 is 6.09 Å². The smallest absolute Gasteiger partial charge is 0.427 e. The third-order valence-corrected chi connectivity index (χ3v) is 3.58. The third-order valence-electron chi connectivity index (χ3n) is 0.982. The summed E-state index contributed by atoms with van der Waals surface area (Å²) in [5, 5.41) is 8.71.